The SMILES string of the molecule is Cn1c(=O)n(C2CCC(=O)NC2=O)c2ccc(C3CCN(CCC4CCC(C(=O)N5CCC(Nc6ncc(Cl)c(-c7cccc(-c8ccc(F)cc8)c7)n6)CC5)CC4)CC3)cc21. The molecule has 1 saturated carbocycles. The van der Waals surface area contributed by atoms with E-state index in [1.165, 1.54) is 24.1 Å². The van der Waals surface area contributed by atoms with Crippen molar-refractivity contribution in [2.24, 2.45) is 18.9 Å². The molecule has 0 bridgehead atoms. The number of likely N-dealkylation sites (tertiary alicyclic amines) is 2. The Hall–Kier alpha value is -5.40. The second-order valence-electron chi connectivity index (χ2n) is 17.8. The van der Waals surface area contributed by atoms with Crippen molar-refractivity contribution in [3.63, 3.8) is 0 Å². The summed E-state index contributed by atoms with van der Waals surface area (Å²) in [5.74, 6) is 1.01. The topological polar surface area (TPSA) is 134 Å². The second kappa shape index (κ2) is 18.1. The monoisotopic (exact) mass is 860 g/mol. The van der Waals surface area contributed by atoms with Crippen LogP contribution in [-0.2, 0) is 21.4 Å². The lowest BCUT2D eigenvalue weighted by atomic mass is 9.79. The first kappa shape index (κ1) is 41.9. The van der Waals surface area contributed by atoms with Crippen LogP contribution in [0.15, 0.2) is 77.7 Å². The van der Waals surface area contributed by atoms with Crippen LogP contribution < -0.4 is 16.3 Å². The molecule has 1 atom stereocenters. The van der Waals surface area contributed by atoms with Gasteiger partial charge in [0.05, 0.1) is 27.9 Å². The minimum absolute atomic E-state index is 0.108. The van der Waals surface area contributed by atoms with E-state index < -0.39 is 11.9 Å². The molecule has 9 rings (SSSR count). The van der Waals surface area contributed by atoms with Gasteiger partial charge in [0.15, 0.2) is 0 Å². The second-order valence-corrected chi connectivity index (χ2v) is 18.2. The summed E-state index contributed by atoms with van der Waals surface area (Å²) < 4.78 is 16.7. The highest BCUT2D eigenvalue weighted by Crippen LogP contribution is 2.36. The third-order valence-electron chi connectivity index (χ3n) is 13.9. The van der Waals surface area contributed by atoms with Crippen LogP contribution in [0.2, 0.25) is 5.02 Å². The molecule has 1 unspecified atom stereocenters. The highest BCUT2D eigenvalue weighted by molar-refractivity contribution is 6.33. The third-order valence-corrected chi connectivity index (χ3v) is 14.2. The summed E-state index contributed by atoms with van der Waals surface area (Å²) in [7, 11) is 1.75. The zero-order valence-electron chi connectivity index (χ0n) is 35.2. The number of nitrogens with one attached hydrogen (secondary N) is 2. The molecule has 2 N–H and O–H groups in total. The third kappa shape index (κ3) is 8.92. The summed E-state index contributed by atoms with van der Waals surface area (Å²) in [6.45, 7) is 4.59. The van der Waals surface area contributed by atoms with Gasteiger partial charge in [-0.1, -0.05) is 48.0 Å². The van der Waals surface area contributed by atoms with E-state index in [-0.39, 0.29) is 35.8 Å². The molecule has 4 aliphatic rings. The van der Waals surface area contributed by atoms with Gasteiger partial charge in [0.25, 0.3) is 0 Å². The van der Waals surface area contributed by atoms with Crippen molar-refractivity contribution >= 4 is 46.3 Å². The van der Waals surface area contributed by atoms with Gasteiger partial charge in [-0.15, -0.1) is 0 Å². The predicted octanol–water partition coefficient (Wildman–Crippen LogP) is 7.71. The highest BCUT2D eigenvalue weighted by atomic mass is 35.5. The van der Waals surface area contributed by atoms with Crippen LogP contribution >= 0.6 is 11.6 Å². The van der Waals surface area contributed by atoms with Crippen LogP contribution in [0.3, 0.4) is 0 Å². The molecule has 3 amide bonds. The molecule has 3 aromatic carbocycles. The minimum atomic E-state index is -0.678. The van der Waals surface area contributed by atoms with Gasteiger partial charge in [0.2, 0.25) is 23.7 Å². The zero-order valence-corrected chi connectivity index (χ0v) is 36.0. The van der Waals surface area contributed by atoms with E-state index in [2.05, 4.69) is 37.6 Å². The standard InChI is InChI=1S/C48H54ClFN8O4/c1-55-42-28-35(11-14-40(42)58(48(55)62)41-15-16-43(59)53-45(41)60)32-18-23-56(24-19-32)22-17-30-5-7-33(8-6-30)46(61)57-25-20-38(21-26-57)52-47-51-29-39(49)44(54-47)36-4-2-3-34(27-36)31-9-12-37(50)13-10-31/h2-4,9-14,27-30,32-33,38,41H,5-8,15-26H2,1H3,(H,51,52,54)(H,53,59,60). The normalized spacial score (nSPS) is 21.9. The fraction of sp³-hybridized carbons (Fsp3) is 0.458. The Morgan fingerprint density at radius 3 is 2.32 bits per heavy atom. The Morgan fingerprint density at radius 2 is 1.58 bits per heavy atom. The van der Waals surface area contributed by atoms with Crippen molar-refractivity contribution in [3.8, 4) is 22.4 Å². The molecule has 62 heavy (non-hydrogen) atoms. The number of rotatable bonds is 10. The van der Waals surface area contributed by atoms with E-state index in [0.29, 0.717) is 53.9 Å². The molecule has 3 aliphatic heterocycles. The highest BCUT2D eigenvalue weighted by Gasteiger charge is 2.34. The number of piperidine rings is 3. The molecule has 4 fully saturated rings. The van der Waals surface area contributed by atoms with Crippen LogP contribution in [0.4, 0.5) is 10.3 Å². The number of anilines is 1. The molecule has 2 aromatic heterocycles. The van der Waals surface area contributed by atoms with Crippen LogP contribution in [0.1, 0.15) is 88.2 Å². The Labute approximate surface area is 365 Å². The summed E-state index contributed by atoms with van der Waals surface area (Å²) in [5, 5.41) is 6.33. The van der Waals surface area contributed by atoms with E-state index >= 15 is 0 Å². The van der Waals surface area contributed by atoms with Gasteiger partial charge in [-0.05, 0) is 143 Å². The fourth-order valence-electron chi connectivity index (χ4n) is 10.2. The molecular weight excluding hydrogens is 807 g/mol. The van der Waals surface area contributed by atoms with Crippen molar-refractivity contribution in [3.05, 3.63) is 99.8 Å². The number of carbonyl (C=O) groups is 3. The van der Waals surface area contributed by atoms with Crippen LogP contribution in [0.25, 0.3) is 33.4 Å². The van der Waals surface area contributed by atoms with Gasteiger partial charge in [0.1, 0.15) is 11.9 Å². The summed E-state index contributed by atoms with van der Waals surface area (Å²) in [6, 6.07) is 20.0. The molecule has 5 heterocycles. The number of fused-ring (bicyclic) bond motifs is 1. The maximum Gasteiger partial charge on any atom is 0.329 e. The Balaban J connectivity index is 0.706. The number of benzene rings is 3. The number of aryl methyl sites for hydroxylation is 1. The molecule has 0 spiro atoms. The maximum atomic E-state index is 13.7. The smallest absolute Gasteiger partial charge is 0.329 e. The number of hydrogen-bond acceptors (Lipinski definition) is 8. The fourth-order valence-corrected chi connectivity index (χ4v) is 10.4. The summed E-state index contributed by atoms with van der Waals surface area (Å²) >= 11 is 6.58. The first-order chi connectivity index (χ1) is 30.1. The minimum Gasteiger partial charge on any atom is -0.351 e. The van der Waals surface area contributed by atoms with Crippen molar-refractivity contribution in [2.45, 2.75) is 88.6 Å². The van der Waals surface area contributed by atoms with E-state index in [4.69, 9.17) is 16.6 Å². The average molecular weight is 861 g/mol. The number of carbonyl (C=O) groups excluding carboxylic acids is 3. The molecule has 324 valence electrons. The lowest BCUT2D eigenvalue weighted by Gasteiger charge is -2.37. The molecule has 3 saturated heterocycles. The van der Waals surface area contributed by atoms with E-state index in [1.807, 2.05) is 30.3 Å². The lowest BCUT2D eigenvalue weighted by molar-refractivity contribution is -0.138. The van der Waals surface area contributed by atoms with Crippen LogP contribution in [0, 0.1) is 17.7 Å². The van der Waals surface area contributed by atoms with E-state index in [0.717, 1.165) is 98.7 Å². The van der Waals surface area contributed by atoms with Gasteiger partial charge < -0.3 is 15.1 Å². The number of amides is 3. The molecule has 1 aliphatic carbocycles. The lowest BCUT2D eigenvalue weighted by Crippen LogP contribution is -2.45. The molecule has 0 radical (unpaired) electrons. The summed E-state index contributed by atoms with van der Waals surface area (Å²) in [5.41, 5.74) is 5.86. The van der Waals surface area contributed by atoms with Gasteiger partial charge in [0, 0.05) is 44.1 Å². The van der Waals surface area contributed by atoms with Gasteiger partial charge in [-0.3, -0.25) is 28.8 Å². The molecular formula is C48H54ClFN8O4. The molecule has 5 aromatic rings. The zero-order chi connectivity index (χ0) is 42.9. The number of imidazole rings is 1. The van der Waals surface area contributed by atoms with Crippen molar-refractivity contribution in [1.82, 2.24) is 34.2 Å². The quantitative estimate of drug-likeness (QED) is 0.137. The predicted molar refractivity (Wildman–Crippen MR) is 238 cm³/mol. The number of nitrogens with zero attached hydrogens (tertiary/aromatic N) is 6. The van der Waals surface area contributed by atoms with Crippen LogP contribution in [-0.4, -0.2) is 85.4 Å². The van der Waals surface area contributed by atoms with Gasteiger partial charge in [-0.2, -0.15) is 0 Å². The van der Waals surface area contributed by atoms with Gasteiger partial charge >= 0.3 is 5.69 Å². The first-order valence-electron chi connectivity index (χ1n) is 22.3. The molecule has 14 heteroatoms. The Morgan fingerprint density at radius 1 is 0.839 bits per heavy atom. The largest absolute Gasteiger partial charge is 0.351 e. The first-order valence-corrected chi connectivity index (χ1v) is 22.7. The van der Waals surface area contributed by atoms with E-state index in [9.17, 15) is 23.6 Å². The molecule has 12 nitrogen and oxygen atoms in total. The van der Waals surface area contributed by atoms with Crippen molar-refractivity contribution in [2.75, 3.05) is 38.0 Å². The van der Waals surface area contributed by atoms with E-state index in [1.54, 1.807) is 34.5 Å². The van der Waals surface area contributed by atoms with Crippen LogP contribution in [0.5, 0.6) is 0 Å². The Bertz CT molecular complexity index is 2520. The van der Waals surface area contributed by atoms with Crippen molar-refractivity contribution < 1.29 is 18.8 Å². The van der Waals surface area contributed by atoms with Gasteiger partial charge in [-0.25, -0.2) is 19.2 Å². The number of imide groups is 1. The number of aromatic nitrogens is 4. The maximum absolute atomic E-state index is 13.7. The Kier molecular flexibility index (Phi) is 12.3. The number of halogens is 2. The summed E-state index contributed by atoms with van der Waals surface area (Å²) in [4.78, 5) is 65.1. The summed E-state index contributed by atoms with van der Waals surface area (Å²) in [6.07, 6.45) is 11.2. The average Bonchev–Trinajstić information content (AvgIpc) is 3.54. The number of hydrogen-bond donors (Lipinski definition) is 2. The van der Waals surface area contributed by atoms with Crippen molar-refractivity contribution in [1.29, 1.82) is 0 Å².